The van der Waals surface area contributed by atoms with Crippen molar-refractivity contribution in [3.8, 4) is 23.0 Å². The van der Waals surface area contributed by atoms with Gasteiger partial charge in [0.1, 0.15) is 6.10 Å². The minimum atomic E-state index is -2.46. The molecule has 0 aliphatic heterocycles. The van der Waals surface area contributed by atoms with E-state index in [0.717, 1.165) is 18.2 Å². The molecular weight excluding hydrogens is 492 g/mol. The van der Waals surface area contributed by atoms with Crippen LogP contribution in [0.3, 0.4) is 0 Å². The third-order valence-electron chi connectivity index (χ3n) is 5.57. The molecule has 0 bridgehead atoms. The van der Waals surface area contributed by atoms with E-state index in [1.807, 2.05) is 0 Å². The number of aliphatic hydroxyl groups excluding tert-OH is 1. The van der Waals surface area contributed by atoms with Gasteiger partial charge in [-0.3, -0.25) is 0 Å². The molecule has 1 saturated carbocycles. The van der Waals surface area contributed by atoms with Crippen molar-refractivity contribution in [1.29, 1.82) is 0 Å². The maximum absolute atomic E-state index is 12.4. The summed E-state index contributed by atoms with van der Waals surface area (Å²) in [6.07, 6.45) is -1.86. The van der Waals surface area contributed by atoms with Crippen LogP contribution < -0.4 is 0 Å². The summed E-state index contributed by atoms with van der Waals surface area (Å²) < 4.78 is 10.4. The van der Waals surface area contributed by atoms with E-state index >= 15 is 0 Å². The zero-order chi connectivity index (χ0) is 27.3. The molecule has 3 rings (SSSR count). The van der Waals surface area contributed by atoms with Crippen molar-refractivity contribution in [1.82, 2.24) is 0 Å². The van der Waals surface area contributed by atoms with Gasteiger partial charge in [0, 0.05) is 25.0 Å². The van der Waals surface area contributed by atoms with E-state index in [2.05, 4.69) is 0 Å². The number of ether oxygens (including phenoxy) is 2. The molecule has 0 heterocycles. The van der Waals surface area contributed by atoms with E-state index in [1.165, 1.54) is 42.5 Å². The van der Waals surface area contributed by atoms with Crippen LogP contribution in [0.15, 0.2) is 48.6 Å². The van der Waals surface area contributed by atoms with Gasteiger partial charge in [0.2, 0.25) is 0 Å². The average molecular weight is 516 g/mol. The highest BCUT2D eigenvalue weighted by atomic mass is 16.6. The molecule has 0 amide bonds. The Morgan fingerprint density at radius 1 is 0.784 bits per heavy atom. The molecule has 4 atom stereocenters. The summed E-state index contributed by atoms with van der Waals surface area (Å²) in [7, 11) is 0. The fourth-order valence-electron chi connectivity index (χ4n) is 3.66. The number of carbonyl (C=O) groups excluding carboxylic acids is 2. The van der Waals surface area contributed by atoms with Crippen molar-refractivity contribution in [2.45, 2.75) is 36.8 Å². The van der Waals surface area contributed by atoms with E-state index in [0.29, 0.717) is 11.1 Å². The summed E-state index contributed by atoms with van der Waals surface area (Å²) in [6.45, 7) is 0. The van der Waals surface area contributed by atoms with E-state index in [9.17, 15) is 50.1 Å². The number of aromatic hydroxyl groups is 4. The van der Waals surface area contributed by atoms with E-state index in [1.54, 1.807) is 0 Å². The van der Waals surface area contributed by atoms with E-state index < -0.39 is 66.2 Å². The van der Waals surface area contributed by atoms with Crippen LogP contribution in [-0.2, 0) is 23.9 Å². The van der Waals surface area contributed by atoms with Crippen LogP contribution >= 0.6 is 0 Å². The summed E-state index contributed by atoms with van der Waals surface area (Å²) in [5, 5.41) is 68.0. The van der Waals surface area contributed by atoms with Crippen LogP contribution in [0.1, 0.15) is 24.0 Å². The SMILES string of the molecule is O=C(C=Cc1ccc(O)c(O)c1)OC1C[C@](O)(C(=O)O)CC(O)[C@H]1OC(=O)C=Cc1ccc(O)c(O)c1. The first-order valence-corrected chi connectivity index (χ1v) is 10.8. The van der Waals surface area contributed by atoms with Crippen LogP contribution in [0.5, 0.6) is 23.0 Å². The molecule has 0 saturated heterocycles. The Morgan fingerprint density at radius 2 is 1.27 bits per heavy atom. The smallest absolute Gasteiger partial charge is 0.335 e. The quantitative estimate of drug-likeness (QED) is 0.156. The number of carboxylic acids is 1. The maximum atomic E-state index is 12.4. The largest absolute Gasteiger partial charge is 0.504 e. The Bertz CT molecular complexity index is 1250. The molecule has 1 aliphatic carbocycles. The van der Waals surface area contributed by atoms with Crippen LogP contribution in [0, 0.1) is 0 Å². The molecule has 1 aliphatic rings. The van der Waals surface area contributed by atoms with Gasteiger partial charge in [-0.2, -0.15) is 0 Å². The van der Waals surface area contributed by atoms with Gasteiger partial charge in [-0.15, -0.1) is 0 Å². The summed E-state index contributed by atoms with van der Waals surface area (Å²) >= 11 is 0. The number of hydrogen-bond donors (Lipinski definition) is 7. The summed E-state index contributed by atoms with van der Waals surface area (Å²) in [6, 6.07) is 7.50. The number of phenolic OH excluding ortho intramolecular Hbond substituents is 4. The molecule has 37 heavy (non-hydrogen) atoms. The lowest BCUT2D eigenvalue weighted by Crippen LogP contribution is -2.58. The molecule has 12 nitrogen and oxygen atoms in total. The number of aliphatic carboxylic acids is 1. The van der Waals surface area contributed by atoms with Gasteiger partial charge in [0.25, 0.3) is 0 Å². The van der Waals surface area contributed by atoms with Crippen molar-refractivity contribution in [3.63, 3.8) is 0 Å². The Hall–Kier alpha value is -4.55. The number of esters is 2. The van der Waals surface area contributed by atoms with Gasteiger partial charge in [0.15, 0.2) is 34.7 Å². The topological polar surface area (TPSA) is 211 Å². The lowest BCUT2D eigenvalue weighted by atomic mass is 9.79. The molecule has 0 spiro atoms. The zero-order valence-corrected chi connectivity index (χ0v) is 19.1. The molecule has 7 N–H and O–H groups in total. The minimum Gasteiger partial charge on any atom is -0.504 e. The molecule has 0 radical (unpaired) electrons. The zero-order valence-electron chi connectivity index (χ0n) is 19.1. The number of carboxylic acid groups (broad SMARTS) is 1. The first-order chi connectivity index (χ1) is 17.4. The summed E-state index contributed by atoms with van der Waals surface area (Å²) in [4.78, 5) is 36.3. The number of carbonyl (C=O) groups is 3. The van der Waals surface area contributed by atoms with E-state index in [4.69, 9.17) is 9.47 Å². The second-order valence-electron chi connectivity index (χ2n) is 8.35. The molecule has 1 fully saturated rings. The van der Waals surface area contributed by atoms with Gasteiger partial charge < -0.3 is 45.2 Å². The van der Waals surface area contributed by atoms with Gasteiger partial charge >= 0.3 is 17.9 Å². The summed E-state index contributed by atoms with van der Waals surface area (Å²) in [5.74, 6) is -5.29. The minimum absolute atomic E-state index is 0.311. The Morgan fingerprint density at radius 3 is 1.73 bits per heavy atom. The fraction of sp³-hybridized carbons (Fsp3) is 0.240. The fourth-order valence-corrected chi connectivity index (χ4v) is 3.66. The van der Waals surface area contributed by atoms with Crippen molar-refractivity contribution >= 4 is 30.1 Å². The molecule has 196 valence electrons. The van der Waals surface area contributed by atoms with Gasteiger partial charge in [0.05, 0.1) is 6.10 Å². The number of aliphatic hydroxyl groups is 2. The number of rotatable bonds is 7. The number of hydrogen-bond acceptors (Lipinski definition) is 11. The van der Waals surface area contributed by atoms with Crippen LogP contribution in [0.4, 0.5) is 0 Å². The standard InChI is InChI=1S/C25H24O12/c26-15-5-1-13(9-17(15)28)3-7-21(31)36-20-12-25(35,24(33)34)11-19(30)23(20)37-22(32)8-4-14-2-6-16(27)18(29)10-14/h1-10,19-20,23,26-30,35H,11-12H2,(H,33,34)/t19?,20?,23-,25+/m1/s1. The van der Waals surface area contributed by atoms with Gasteiger partial charge in [-0.05, 0) is 47.5 Å². The Labute approximate surface area is 209 Å². The summed E-state index contributed by atoms with van der Waals surface area (Å²) in [5.41, 5.74) is -1.82. The molecule has 0 aromatic heterocycles. The normalized spacial score (nSPS) is 23.7. The molecule has 2 unspecified atom stereocenters. The third-order valence-corrected chi connectivity index (χ3v) is 5.57. The highest BCUT2D eigenvalue weighted by Crippen LogP contribution is 2.33. The first-order valence-electron chi connectivity index (χ1n) is 10.8. The monoisotopic (exact) mass is 516 g/mol. The first kappa shape index (κ1) is 27.0. The van der Waals surface area contributed by atoms with Crippen molar-refractivity contribution in [2.75, 3.05) is 0 Å². The predicted octanol–water partition coefficient (Wildman–Crippen LogP) is 1.03. The van der Waals surface area contributed by atoms with Gasteiger partial charge in [-0.25, -0.2) is 14.4 Å². The maximum Gasteiger partial charge on any atom is 0.335 e. The number of phenols is 4. The van der Waals surface area contributed by atoms with Crippen molar-refractivity contribution < 1.29 is 59.6 Å². The average Bonchev–Trinajstić information content (AvgIpc) is 2.82. The third kappa shape index (κ3) is 6.78. The predicted molar refractivity (Wildman–Crippen MR) is 125 cm³/mol. The van der Waals surface area contributed by atoms with Crippen LogP contribution in [-0.4, -0.2) is 77.6 Å². The molecule has 2 aromatic rings. The number of benzene rings is 2. The lowest BCUT2D eigenvalue weighted by Gasteiger charge is -2.40. The highest BCUT2D eigenvalue weighted by Gasteiger charge is 2.52. The molecule has 12 heteroatoms. The van der Waals surface area contributed by atoms with Crippen LogP contribution in [0.25, 0.3) is 12.2 Å². The molecular formula is C25H24O12. The van der Waals surface area contributed by atoms with Crippen molar-refractivity contribution in [3.05, 3.63) is 59.7 Å². The molecule has 2 aromatic carbocycles. The van der Waals surface area contributed by atoms with Gasteiger partial charge in [-0.1, -0.05) is 12.1 Å². The lowest BCUT2D eigenvalue weighted by molar-refractivity contribution is -0.204. The van der Waals surface area contributed by atoms with Crippen LogP contribution in [0.2, 0.25) is 0 Å². The highest BCUT2D eigenvalue weighted by molar-refractivity contribution is 5.88. The van der Waals surface area contributed by atoms with E-state index in [-0.39, 0.29) is 11.5 Å². The second-order valence-corrected chi connectivity index (χ2v) is 8.35. The second kappa shape index (κ2) is 11.0. The Kier molecular flexibility index (Phi) is 8.05. The van der Waals surface area contributed by atoms with Crippen molar-refractivity contribution in [2.24, 2.45) is 0 Å². The Balaban J connectivity index is 1.75.